The number of amides is 2. The molecule has 9 heteroatoms. The summed E-state index contributed by atoms with van der Waals surface area (Å²) in [5.41, 5.74) is 4.61. The number of carbonyl (C=O) groups excluding carboxylic acids is 2. The molecule has 1 atom stereocenters. The van der Waals surface area contributed by atoms with Crippen LogP contribution in [-0.2, 0) is 14.3 Å². The van der Waals surface area contributed by atoms with Crippen molar-refractivity contribution in [2.24, 2.45) is 0 Å². The SMILES string of the molecule is O=C(O)CC(NC(=O)OCC1c2ccccc2-c2ccccc21)C(=O)Nc1cc(Cl)ccc1Br. The van der Waals surface area contributed by atoms with Gasteiger partial charge in [0.15, 0.2) is 0 Å². The molecule has 7 nitrogen and oxygen atoms in total. The number of hydrogen-bond donors (Lipinski definition) is 3. The lowest BCUT2D eigenvalue weighted by atomic mass is 9.98. The number of halogens is 2. The molecule has 1 aliphatic carbocycles. The minimum Gasteiger partial charge on any atom is -0.481 e. The molecular weight excluding hydrogens is 524 g/mol. The van der Waals surface area contributed by atoms with Gasteiger partial charge in [0.2, 0.25) is 5.91 Å². The number of carbonyl (C=O) groups is 3. The smallest absolute Gasteiger partial charge is 0.407 e. The van der Waals surface area contributed by atoms with E-state index in [1.165, 1.54) is 6.07 Å². The number of fused-ring (bicyclic) bond motifs is 3. The molecule has 4 rings (SSSR count). The fourth-order valence-electron chi connectivity index (χ4n) is 3.98. The van der Waals surface area contributed by atoms with Gasteiger partial charge in [-0.3, -0.25) is 9.59 Å². The summed E-state index contributed by atoms with van der Waals surface area (Å²) >= 11 is 9.26. The third-order valence-electron chi connectivity index (χ3n) is 5.52. The number of carboxylic acids is 1. The van der Waals surface area contributed by atoms with Crippen LogP contribution < -0.4 is 10.6 Å². The summed E-state index contributed by atoms with van der Waals surface area (Å²) in [4.78, 5) is 36.6. The summed E-state index contributed by atoms with van der Waals surface area (Å²) in [5.74, 6) is -2.12. The lowest BCUT2D eigenvalue weighted by molar-refractivity contribution is -0.139. The van der Waals surface area contributed by atoms with Gasteiger partial charge in [0.05, 0.1) is 12.1 Å². The van der Waals surface area contributed by atoms with E-state index < -0.39 is 30.4 Å². The maximum Gasteiger partial charge on any atom is 0.407 e. The minimum absolute atomic E-state index is 0.0428. The molecule has 174 valence electrons. The second-order valence-corrected chi connectivity index (χ2v) is 9.02. The van der Waals surface area contributed by atoms with E-state index in [2.05, 4.69) is 26.6 Å². The highest BCUT2D eigenvalue weighted by Gasteiger charge is 2.30. The summed E-state index contributed by atoms with van der Waals surface area (Å²) in [7, 11) is 0. The minimum atomic E-state index is -1.35. The molecule has 3 aromatic carbocycles. The van der Waals surface area contributed by atoms with Gasteiger partial charge in [0, 0.05) is 15.4 Å². The summed E-state index contributed by atoms with van der Waals surface area (Å²) in [5, 5.41) is 14.6. The van der Waals surface area contributed by atoms with Crippen LogP contribution in [0.1, 0.15) is 23.5 Å². The van der Waals surface area contributed by atoms with Gasteiger partial charge in [-0.2, -0.15) is 0 Å². The zero-order valence-corrected chi connectivity index (χ0v) is 20.1. The fourth-order valence-corrected chi connectivity index (χ4v) is 4.50. The largest absolute Gasteiger partial charge is 0.481 e. The van der Waals surface area contributed by atoms with E-state index in [0.717, 1.165) is 22.3 Å². The van der Waals surface area contributed by atoms with E-state index in [4.69, 9.17) is 16.3 Å². The van der Waals surface area contributed by atoms with Crippen LogP contribution in [0.25, 0.3) is 11.1 Å². The first-order valence-electron chi connectivity index (χ1n) is 10.4. The Morgan fingerprint density at radius 1 is 1.00 bits per heavy atom. The zero-order valence-electron chi connectivity index (χ0n) is 17.8. The Bertz CT molecular complexity index is 1220. The van der Waals surface area contributed by atoms with Crippen LogP contribution in [-0.4, -0.2) is 35.7 Å². The highest BCUT2D eigenvalue weighted by atomic mass is 79.9. The Morgan fingerprint density at radius 3 is 2.24 bits per heavy atom. The van der Waals surface area contributed by atoms with E-state index in [-0.39, 0.29) is 12.5 Å². The topological polar surface area (TPSA) is 105 Å². The molecule has 3 N–H and O–H groups in total. The highest BCUT2D eigenvalue weighted by Crippen LogP contribution is 2.44. The van der Waals surface area contributed by atoms with Crippen molar-refractivity contribution < 1.29 is 24.2 Å². The van der Waals surface area contributed by atoms with Crippen molar-refractivity contribution >= 4 is 51.2 Å². The number of aliphatic carboxylic acids is 1. The third kappa shape index (κ3) is 5.24. The lowest BCUT2D eigenvalue weighted by Gasteiger charge is -2.19. The van der Waals surface area contributed by atoms with Gasteiger partial charge in [-0.05, 0) is 56.4 Å². The maximum absolute atomic E-state index is 12.7. The van der Waals surface area contributed by atoms with Crippen molar-refractivity contribution in [3.63, 3.8) is 0 Å². The standard InChI is InChI=1S/C25H20BrClN2O5/c26-20-10-9-14(27)11-21(20)28-24(32)22(12-23(30)31)29-25(33)34-13-19-17-7-3-1-5-15(17)16-6-2-4-8-18(16)19/h1-11,19,22H,12-13H2,(H,28,32)(H,29,33)(H,30,31). The lowest BCUT2D eigenvalue weighted by Crippen LogP contribution is -2.45. The average Bonchev–Trinajstić information content (AvgIpc) is 3.13. The third-order valence-corrected chi connectivity index (χ3v) is 6.44. The molecule has 0 radical (unpaired) electrons. The number of anilines is 1. The number of carboxylic acid groups (broad SMARTS) is 1. The maximum atomic E-state index is 12.7. The van der Waals surface area contributed by atoms with Crippen molar-refractivity contribution in [3.8, 4) is 11.1 Å². The van der Waals surface area contributed by atoms with Crippen LogP contribution >= 0.6 is 27.5 Å². The van der Waals surface area contributed by atoms with Gasteiger partial charge in [0.1, 0.15) is 12.6 Å². The Morgan fingerprint density at radius 2 is 1.62 bits per heavy atom. The van der Waals surface area contributed by atoms with Crippen LogP contribution in [0.3, 0.4) is 0 Å². The molecule has 0 saturated heterocycles. The Labute approximate surface area is 209 Å². The van der Waals surface area contributed by atoms with Crippen molar-refractivity contribution in [2.45, 2.75) is 18.4 Å². The van der Waals surface area contributed by atoms with Gasteiger partial charge in [0.25, 0.3) is 0 Å². The summed E-state index contributed by atoms with van der Waals surface area (Å²) in [6.07, 6.45) is -1.50. The molecule has 0 bridgehead atoms. The van der Waals surface area contributed by atoms with Crippen LogP contribution in [0, 0.1) is 0 Å². The average molecular weight is 544 g/mol. The van der Waals surface area contributed by atoms with Crippen molar-refractivity contribution in [3.05, 3.63) is 87.4 Å². The molecule has 34 heavy (non-hydrogen) atoms. The first kappa shape index (κ1) is 23.8. The second kappa shape index (κ2) is 10.3. The predicted molar refractivity (Wildman–Crippen MR) is 132 cm³/mol. The second-order valence-electron chi connectivity index (χ2n) is 7.73. The van der Waals surface area contributed by atoms with Gasteiger partial charge in [-0.15, -0.1) is 0 Å². The molecule has 0 aliphatic heterocycles. The van der Waals surface area contributed by atoms with Crippen LogP contribution in [0.5, 0.6) is 0 Å². The van der Waals surface area contributed by atoms with Crippen LogP contribution in [0.4, 0.5) is 10.5 Å². The molecule has 0 saturated carbocycles. The van der Waals surface area contributed by atoms with Crippen LogP contribution in [0.2, 0.25) is 5.02 Å². The van der Waals surface area contributed by atoms with E-state index in [0.29, 0.717) is 15.2 Å². The molecular formula is C25H20BrClN2O5. The van der Waals surface area contributed by atoms with Gasteiger partial charge in [-0.25, -0.2) is 4.79 Å². The zero-order chi connectivity index (χ0) is 24.2. The molecule has 2 amide bonds. The number of hydrogen-bond acceptors (Lipinski definition) is 4. The predicted octanol–water partition coefficient (Wildman–Crippen LogP) is 5.42. The molecule has 0 spiro atoms. The van der Waals surface area contributed by atoms with Gasteiger partial charge in [-0.1, -0.05) is 60.1 Å². The first-order chi connectivity index (χ1) is 16.3. The van der Waals surface area contributed by atoms with Crippen molar-refractivity contribution in [1.29, 1.82) is 0 Å². The molecule has 0 aromatic heterocycles. The quantitative estimate of drug-likeness (QED) is 0.369. The molecule has 1 aliphatic rings. The monoisotopic (exact) mass is 542 g/mol. The molecule has 0 fully saturated rings. The van der Waals surface area contributed by atoms with Crippen LogP contribution in [0.15, 0.2) is 71.2 Å². The summed E-state index contributed by atoms with van der Waals surface area (Å²) in [6.45, 7) is 0.0428. The van der Waals surface area contributed by atoms with Gasteiger partial charge >= 0.3 is 12.1 Å². The van der Waals surface area contributed by atoms with Crippen molar-refractivity contribution in [1.82, 2.24) is 5.32 Å². The van der Waals surface area contributed by atoms with Gasteiger partial charge < -0.3 is 20.5 Å². The van der Waals surface area contributed by atoms with E-state index >= 15 is 0 Å². The Hall–Kier alpha value is -3.36. The molecule has 1 unspecified atom stereocenters. The molecule has 3 aromatic rings. The highest BCUT2D eigenvalue weighted by molar-refractivity contribution is 9.10. The molecule has 0 heterocycles. The van der Waals surface area contributed by atoms with E-state index in [1.807, 2.05) is 48.5 Å². The number of benzene rings is 3. The normalized spacial score (nSPS) is 12.9. The van der Waals surface area contributed by atoms with Crippen molar-refractivity contribution in [2.75, 3.05) is 11.9 Å². The number of nitrogens with one attached hydrogen (secondary N) is 2. The summed E-state index contributed by atoms with van der Waals surface area (Å²) in [6, 6.07) is 19.2. The summed E-state index contributed by atoms with van der Waals surface area (Å²) < 4.78 is 6.00. The fraction of sp³-hybridized carbons (Fsp3) is 0.160. The number of alkyl carbamates (subject to hydrolysis) is 1. The van der Waals surface area contributed by atoms with E-state index in [9.17, 15) is 19.5 Å². The number of ether oxygens (including phenoxy) is 1. The Kier molecular flexibility index (Phi) is 7.19. The Balaban J connectivity index is 1.44. The number of rotatable bonds is 7. The van der Waals surface area contributed by atoms with E-state index in [1.54, 1.807) is 12.1 Å². The first-order valence-corrected chi connectivity index (χ1v) is 11.6.